The van der Waals surface area contributed by atoms with Gasteiger partial charge in [-0.1, -0.05) is 6.07 Å². The zero-order chi connectivity index (χ0) is 17.7. The summed E-state index contributed by atoms with van der Waals surface area (Å²) in [6, 6.07) is 4.16. The highest BCUT2D eigenvalue weighted by atomic mass is 16.5. The fraction of sp³-hybridized carbons (Fsp3) is 0.667. The number of nitrogens with zero attached hydrogens (tertiary/aromatic N) is 1. The van der Waals surface area contributed by atoms with Gasteiger partial charge in [0, 0.05) is 24.6 Å². The summed E-state index contributed by atoms with van der Waals surface area (Å²) in [6.07, 6.45) is 4.65. The molecule has 0 amide bonds. The maximum Gasteiger partial charge on any atom is 0.174 e. The van der Waals surface area contributed by atoms with Crippen molar-refractivity contribution >= 4 is 5.78 Å². The Morgan fingerprint density at radius 3 is 2.96 bits per heavy atom. The maximum atomic E-state index is 12.8. The number of methoxy groups -OCH3 is 1. The zero-order valence-corrected chi connectivity index (χ0v) is 15.2. The topological polar surface area (TPSA) is 59.0 Å². The Labute approximate surface area is 153 Å². The van der Waals surface area contributed by atoms with Gasteiger partial charge >= 0.3 is 0 Å². The minimum Gasteiger partial charge on any atom is -0.493 e. The summed E-state index contributed by atoms with van der Waals surface area (Å²) in [5.41, 5.74) is 0.821. The number of ether oxygens (including phenoxy) is 2. The predicted molar refractivity (Wildman–Crippen MR) is 94.7 cm³/mol. The summed E-state index contributed by atoms with van der Waals surface area (Å²) in [4.78, 5) is 15.4. The SMILES string of the molecule is COc1ccc2c3c1O[C@@H]1C(=O)CC[C@]4(O)[C@H](C2)N(CC2CC2)CC[C@@]314. The number of benzene rings is 1. The van der Waals surface area contributed by atoms with E-state index in [2.05, 4.69) is 11.0 Å². The van der Waals surface area contributed by atoms with Crippen LogP contribution in [0.1, 0.15) is 43.2 Å². The molecular formula is C21H25NO4. The van der Waals surface area contributed by atoms with Gasteiger partial charge in [-0.15, -0.1) is 0 Å². The Balaban J connectivity index is 1.57. The number of ketones is 1. The maximum absolute atomic E-state index is 12.8. The highest BCUT2D eigenvalue weighted by molar-refractivity contribution is 5.90. The van der Waals surface area contributed by atoms with Crippen LogP contribution in [-0.2, 0) is 16.6 Å². The molecule has 2 bridgehead atoms. The molecular weight excluding hydrogens is 330 g/mol. The van der Waals surface area contributed by atoms with Gasteiger partial charge in [0.15, 0.2) is 23.4 Å². The molecule has 3 fully saturated rings. The first kappa shape index (κ1) is 15.5. The summed E-state index contributed by atoms with van der Waals surface area (Å²) in [7, 11) is 1.64. The van der Waals surface area contributed by atoms with Gasteiger partial charge in [0.25, 0.3) is 0 Å². The third-order valence-electron chi connectivity index (χ3n) is 7.76. The number of hydrogen-bond acceptors (Lipinski definition) is 5. The Bertz CT molecular complexity index is 818. The van der Waals surface area contributed by atoms with E-state index in [1.807, 2.05) is 6.07 Å². The molecule has 0 aromatic heterocycles. The van der Waals surface area contributed by atoms with Crippen molar-refractivity contribution in [1.29, 1.82) is 0 Å². The molecule has 1 aromatic carbocycles. The van der Waals surface area contributed by atoms with Gasteiger partial charge < -0.3 is 14.6 Å². The summed E-state index contributed by atoms with van der Waals surface area (Å²) in [6.45, 7) is 2.02. The average molecular weight is 355 g/mol. The molecule has 2 aliphatic heterocycles. The van der Waals surface area contributed by atoms with Gasteiger partial charge in [-0.25, -0.2) is 0 Å². The molecule has 2 heterocycles. The molecule has 4 atom stereocenters. The van der Waals surface area contributed by atoms with Crippen molar-refractivity contribution in [3.05, 3.63) is 23.3 Å². The lowest BCUT2D eigenvalue weighted by atomic mass is 9.49. The number of rotatable bonds is 3. The Morgan fingerprint density at radius 2 is 2.19 bits per heavy atom. The van der Waals surface area contributed by atoms with Crippen LogP contribution in [0.3, 0.4) is 0 Å². The van der Waals surface area contributed by atoms with Crippen molar-refractivity contribution in [2.24, 2.45) is 5.92 Å². The fourth-order valence-electron chi connectivity index (χ4n) is 6.41. The molecule has 1 aromatic rings. The van der Waals surface area contributed by atoms with E-state index in [-0.39, 0.29) is 11.8 Å². The summed E-state index contributed by atoms with van der Waals surface area (Å²) in [5.74, 6) is 2.32. The van der Waals surface area contributed by atoms with Gasteiger partial charge in [0.2, 0.25) is 0 Å². The first-order valence-electron chi connectivity index (χ1n) is 9.94. The summed E-state index contributed by atoms with van der Waals surface area (Å²) < 4.78 is 11.8. The summed E-state index contributed by atoms with van der Waals surface area (Å²) >= 11 is 0. The van der Waals surface area contributed by atoms with E-state index >= 15 is 0 Å². The molecule has 5 aliphatic rings. The van der Waals surface area contributed by atoms with Crippen molar-refractivity contribution < 1.29 is 19.4 Å². The van der Waals surface area contributed by atoms with E-state index in [9.17, 15) is 9.90 Å². The van der Waals surface area contributed by atoms with E-state index in [1.165, 1.54) is 18.4 Å². The highest BCUT2D eigenvalue weighted by Crippen LogP contribution is 2.65. The molecule has 2 saturated carbocycles. The molecule has 1 spiro atoms. The molecule has 5 heteroatoms. The minimum atomic E-state index is -0.886. The number of carbonyl (C=O) groups excluding carboxylic acids is 1. The number of piperidine rings is 1. The van der Waals surface area contributed by atoms with Gasteiger partial charge in [0.05, 0.1) is 18.1 Å². The van der Waals surface area contributed by atoms with Crippen LogP contribution >= 0.6 is 0 Å². The van der Waals surface area contributed by atoms with Crippen molar-refractivity contribution in [2.75, 3.05) is 20.2 Å². The number of Topliss-reactive ketones (excluding diaryl/α,β-unsaturated/α-hetero) is 1. The second-order valence-electron chi connectivity index (χ2n) is 8.90. The van der Waals surface area contributed by atoms with Crippen LogP contribution in [-0.4, -0.2) is 53.7 Å². The third kappa shape index (κ3) is 1.63. The lowest BCUT2D eigenvalue weighted by Crippen LogP contribution is -2.76. The summed E-state index contributed by atoms with van der Waals surface area (Å²) in [5, 5.41) is 12.1. The molecule has 26 heavy (non-hydrogen) atoms. The van der Waals surface area contributed by atoms with Gasteiger partial charge in [-0.2, -0.15) is 0 Å². The lowest BCUT2D eigenvalue weighted by Gasteiger charge is -2.62. The second-order valence-corrected chi connectivity index (χ2v) is 8.90. The molecule has 1 N–H and O–H groups in total. The van der Waals surface area contributed by atoms with E-state index in [4.69, 9.17) is 9.47 Å². The van der Waals surface area contributed by atoms with Crippen molar-refractivity contribution in [1.82, 2.24) is 4.90 Å². The van der Waals surface area contributed by atoms with E-state index in [0.29, 0.717) is 24.3 Å². The minimum absolute atomic E-state index is 0.0860. The monoisotopic (exact) mass is 355 g/mol. The molecule has 0 radical (unpaired) electrons. The molecule has 0 unspecified atom stereocenters. The van der Waals surface area contributed by atoms with Gasteiger partial charge in [-0.05, 0) is 56.2 Å². The van der Waals surface area contributed by atoms with Crippen LogP contribution in [0.25, 0.3) is 0 Å². The molecule has 3 aliphatic carbocycles. The average Bonchev–Trinajstić information content (AvgIpc) is 3.37. The molecule has 5 nitrogen and oxygen atoms in total. The predicted octanol–water partition coefficient (Wildman–Crippen LogP) is 1.83. The van der Waals surface area contributed by atoms with Gasteiger partial charge in [0.1, 0.15) is 0 Å². The van der Waals surface area contributed by atoms with Crippen LogP contribution < -0.4 is 9.47 Å². The normalized spacial score (nSPS) is 40.2. The van der Waals surface area contributed by atoms with Gasteiger partial charge in [-0.3, -0.25) is 9.69 Å². The fourth-order valence-corrected chi connectivity index (χ4v) is 6.41. The largest absolute Gasteiger partial charge is 0.493 e. The highest BCUT2D eigenvalue weighted by Gasteiger charge is 2.73. The smallest absolute Gasteiger partial charge is 0.174 e. The number of carbonyl (C=O) groups is 1. The number of hydrogen-bond donors (Lipinski definition) is 1. The van der Waals surface area contributed by atoms with Crippen LogP contribution in [0.2, 0.25) is 0 Å². The van der Waals surface area contributed by atoms with Crippen molar-refractivity contribution in [3.63, 3.8) is 0 Å². The third-order valence-corrected chi connectivity index (χ3v) is 7.76. The quantitative estimate of drug-likeness (QED) is 0.896. The van der Waals surface area contributed by atoms with Crippen LogP contribution in [0.4, 0.5) is 0 Å². The van der Waals surface area contributed by atoms with Crippen LogP contribution in [0.15, 0.2) is 12.1 Å². The van der Waals surface area contributed by atoms with E-state index in [1.54, 1.807) is 7.11 Å². The first-order valence-corrected chi connectivity index (χ1v) is 9.94. The zero-order valence-electron chi connectivity index (χ0n) is 15.2. The van der Waals surface area contributed by atoms with Crippen LogP contribution in [0, 0.1) is 5.92 Å². The van der Waals surface area contributed by atoms with Crippen molar-refractivity contribution in [2.45, 2.75) is 61.7 Å². The number of aliphatic hydroxyl groups is 1. The molecule has 6 rings (SSSR count). The molecule has 1 saturated heterocycles. The van der Waals surface area contributed by atoms with Crippen LogP contribution in [0.5, 0.6) is 11.5 Å². The number of likely N-dealkylation sites (tertiary alicyclic amines) is 1. The first-order chi connectivity index (χ1) is 12.6. The van der Waals surface area contributed by atoms with E-state index in [0.717, 1.165) is 37.4 Å². The Hall–Kier alpha value is -1.59. The second kappa shape index (κ2) is 4.82. The Morgan fingerprint density at radius 1 is 1.35 bits per heavy atom. The Kier molecular flexibility index (Phi) is 2.86. The van der Waals surface area contributed by atoms with Crippen molar-refractivity contribution in [3.8, 4) is 11.5 Å². The van der Waals surface area contributed by atoms with E-state index < -0.39 is 17.1 Å². The molecule has 138 valence electrons. The standard InChI is InChI=1S/C21H25NO4/c1-25-15-5-4-13-10-16-21(24)7-6-14(23)19-20(21,17(13)18(15)26-19)8-9-22(16)11-12-2-3-12/h4-5,12,16,19,24H,2-3,6-11H2,1H3/t16-,19+,20+,21-/m0/s1. The lowest BCUT2D eigenvalue weighted by molar-refractivity contribution is -0.188.